The van der Waals surface area contributed by atoms with E-state index >= 15 is 0 Å². The fourth-order valence-corrected chi connectivity index (χ4v) is 2.21. The van der Waals surface area contributed by atoms with Crippen LogP contribution in [0.15, 0.2) is 29.2 Å². The lowest BCUT2D eigenvalue weighted by Gasteiger charge is -2.07. The lowest BCUT2D eigenvalue weighted by molar-refractivity contribution is -0.115. The van der Waals surface area contributed by atoms with Crippen molar-refractivity contribution >= 4 is 35.0 Å². The van der Waals surface area contributed by atoms with Gasteiger partial charge in [-0.15, -0.1) is 23.4 Å². The Labute approximate surface area is 106 Å². The molecule has 0 unspecified atom stereocenters. The van der Waals surface area contributed by atoms with Gasteiger partial charge in [-0.3, -0.25) is 4.79 Å². The molecule has 4 heteroatoms. The molecule has 0 aliphatic rings. The lowest BCUT2D eigenvalue weighted by atomic mass is 10.3. The Bertz CT molecular complexity index is 337. The highest BCUT2D eigenvalue weighted by molar-refractivity contribution is 7.99. The van der Waals surface area contributed by atoms with Crippen molar-refractivity contribution in [3.8, 4) is 0 Å². The van der Waals surface area contributed by atoms with Crippen molar-refractivity contribution in [2.24, 2.45) is 0 Å². The minimum Gasteiger partial charge on any atom is -0.326 e. The summed E-state index contributed by atoms with van der Waals surface area (Å²) in [5.74, 6) is 0.312. The molecule has 1 aromatic rings. The zero-order valence-corrected chi connectivity index (χ0v) is 11.1. The predicted octanol–water partition coefficient (Wildman–Crippen LogP) is 3.75. The molecule has 0 aliphatic heterocycles. The van der Waals surface area contributed by atoms with Crippen molar-refractivity contribution < 1.29 is 4.79 Å². The van der Waals surface area contributed by atoms with Crippen molar-refractivity contribution in [2.75, 3.05) is 11.2 Å². The molecule has 0 radical (unpaired) electrons. The molecule has 16 heavy (non-hydrogen) atoms. The Kier molecular flexibility index (Phi) is 5.71. The third-order valence-electron chi connectivity index (χ3n) is 1.83. The number of carbonyl (C=O) groups is 1. The minimum absolute atomic E-state index is 0.0423. The summed E-state index contributed by atoms with van der Waals surface area (Å²) in [6, 6.07) is 7.86. The molecule has 0 heterocycles. The van der Waals surface area contributed by atoms with Crippen LogP contribution in [0, 0.1) is 0 Å². The molecule has 88 valence electrons. The molecule has 0 saturated carbocycles. The van der Waals surface area contributed by atoms with Crippen molar-refractivity contribution in [3.05, 3.63) is 24.3 Å². The Balaban J connectivity index is 2.54. The van der Waals surface area contributed by atoms with Crippen molar-refractivity contribution in [2.45, 2.75) is 30.4 Å². The maximum absolute atomic E-state index is 11.3. The van der Waals surface area contributed by atoms with Crippen LogP contribution < -0.4 is 5.32 Å². The van der Waals surface area contributed by atoms with Crippen LogP contribution in [0.2, 0.25) is 0 Å². The topological polar surface area (TPSA) is 29.1 Å². The Morgan fingerprint density at radius 2 is 2.00 bits per heavy atom. The second kappa shape index (κ2) is 6.81. The van der Waals surface area contributed by atoms with Crippen LogP contribution in [0.1, 0.15) is 20.3 Å². The first-order chi connectivity index (χ1) is 7.61. The van der Waals surface area contributed by atoms with E-state index in [9.17, 15) is 4.79 Å². The Morgan fingerprint density at radius 3 is 2.50 bits per heavy atom. The van der Waals surface area contributed by atoms with Gasteiger partial charge >= 0.3 is 0 Å². The Morgan fingerprint density at radius 1 is 1.38 bits per heavy atom. The highest BCUT2D eigenvalue weighted by atomic mass is 35.5. The van der Waals surface area contributed by atoms with E-state index in [1.807, 2.05) is 24.3 Å². The van der Waals surface area contributed by atoms with Crippen LogP contribution in [-0.2, 0) is 4.79 Å². The van der Waals surface area contributed by atoms with Gasteiger partial charge < -0.3 is 5.32 Å². The fraction of sp³-hybridized carbons (Fsp3) is 0.417. The second-order valence-electron chi connectivity index (χ2n) is 3.68. The molecule has 1 N–H and O–H groups in total. The first-order valence-electron chi connectivity index (χ1n) is 5.24. The average Bonchev–Trinajstić information content (AvgIpc) is 2.20. The molecular weight excluding hydrogens is 242 g/mol. The van der Waals surface area contributed by atoms with Gasteiger partial charge in [0.1, 0.15) is 0 Å². The monoisotopic (exact) mass is 257 g/mol. The predicted molar refractivity (Wildman–Crippen MR) is 71.4 cm³/mol. The molecule has 0 saturated heterocycles. The van der Waals surface area contributed by atoms with Crippen molar-refractivity contribution in [1.82, 2.24) is 0 Å². The highest BCUT2D eigenvalue weighted by Crippen LogP contribution is 2.24. The zero-order chi connectivity index (χ0) is 12.0. The smallest absolute Gasteiger partial charge is 0.225 e. The third kappa shape index (κ3) is 4.90. The summed E-state index contributed by atoms with van der Waals surface area (Å²) in [6.07, 6.45) is 0.351. The summed E-state index contributed by atoms with van der Waals surface area (Å²) < 4.78 is 0. The van der Waals surface area contributed by atoms with Crippen LogP contribution >= 0.6 is 23.4 Å². The number of rotatable bonds is 5. The normalized spacial score (nSPS) is 10.5. The Hall–Kier alpha value is -0.670. The molecule has 0 spiro atoms. The van der Waals surface area contributed by atoms with Gasteiger partial charge in [-0.05, 0) is 24.3 Å². The van der Waals surface area contributed by atoms with Gasteiger partial charge in [-0.2, -0.15) is 0 Å². The first-order valence-corrected chi connectivity index (χ1v) is 6.66. The summed E-state index contributed by atoms with van der Waals surface area (Å²) in [7, 11) is 0. The van der Waals surface area contributed by atoms with E-state index in [4.69, 9.17) is 11.6 Å². The molecule has 1 amide bonds. The molecule has 0 atom stereocenters. The van der Waals surface area contributed by atoms with Crippen molar-refractivity contribution in [1.29, 1.82) is 0 Å². The van der Waals surface area contributed by atoms with Gasteiger partial charge in [0.25, 0.3) is 0 Å². The average molecular weight is 258 g/mol. The largest absolute Gasteiger partial charge is 0.326 e. The molecule has 0 fully saturated rings. The van der Waals surface area contributed by atoms with E-state index in [2.05, 4.69) is 19.2 Å². The molecule has 1 aromatic carbocycles. The van der Waals surface area contributed by atoms with Gasteiger partial charge in [0.2, 0.25) is 5.91 Å². The van der Waals surface area contributed by atoms with Crippen LogP contribution in [-0.4, -0.2) is 17.0 Å². The zero-order valence-electron chi connectivity index (χ0n) is 9.50. The van der Waals surface area contributed by atoms with Crippen LogP contribution in [0.3, 0.4) is 0 Å². The van der Waals surface area contributed by atoms with Crippen molar-refractivity contribution in [3.63, 3.8) is 0 Å². The molecule has 0 aromatic heterocycles. The summed E-state index contributed by atoms with van der Waals surface area (Å²) in [6.45, 7) is 4.31. The number of amides is 1. The summed E-state index contributed by atoms with van der Waals surface area (Å²) in [5.41, 5.74) is 0.822. The standard InChI is InChI=1S/C12H16ClNOS/c1-9(2)16-11-5-3-10(4-6-11)14-12(15)7-8-13/h3-6,9H,7-8H2,1-2H3,(H,14,15). The second-order valence-corrected chi connectivity index (χ2v) is 5.71. The number of hydrogen-bond acceptors (Lipinski definition) is 2. The minimum atomic E-state index is -0.0423. The third-order valence-corrected chi connectivity index (χ3v) is 3.04. The number of alkyl halides is 1. The van der Waals surface area contributed by atoms with E-state index in [0.717, 1.165) is 5.69 Å². The quantitative estimate of drug-likeness (QED) is 0.643. The highest BCUT2D eigenvalue weighted by Gasteiger charge is 2.02. The van der Waals surface area contributed by atoms with E-state index in [0.29, 0.717) is 17.6 Å². The van der Waals surface area contributed by atoms with Crippen LogP contribution in [0.5, 0.6) is 0 Å². The number of nitrogens with one attached hydrogen (secondary N) is 1. The summed E-state index contributed by atoms with van der Waals surface area (Å²) in [4.78, 5) is 12.5. The summed E-state index contributed by atoms with van der Waals surface area (Å²) >= 11 is 7.28. The van der Waals surface area contributed by atoms with Gasteiger partial charge in [0.05, 0.1) is 0 Å². The molecule has 1 rings (SSSR count). The number of anilines is 1. The number of benzene rings is 1. The molecule has 2 nitrogen and oxygen atoms in total. The maximum Gasteiger partial charge on any atom is 0.225 e. The SMILES string of the molecule is CC(C)Sc1ccc(NC(=O)CCCl)cc1. The molecular formula is C12H16ClNOS. The van der Waals surface area contributed by atoms with Gasteiger partial charge in [0.15, 0.2) is 0 Å². The number of halogens is 1. The summed E-state index contributed by atoms with van der Waals surface area (Å²) in [5, 5.41) is 3.36. The number of carbonyl (C=O) groups excluding carboxylic acids is 1. The molecule has 0 bridgehead atoms. The van der Waals surface area contributed by atoms with Gasteiger partial charge in [-0.25, -0.2) is 0 Å². The van der Waals surface area contributed by atoms with Gasteiger partial charge in [-0.1, -0.05) is 13.8 Å². The van der Waals surface area contributed by atoms with E-state index in [1.54, 1.807) is 11.8 Å². The van der Waals surface area contributed by atoms with Crippen LogP contribution in [0.4, 0.5) is 5.69 Å². The molecule has 0 aliphatic carbocycles. The maximum atomic E-state index is 11.3. The van der Waals surface area contributed by atoms with Crippen LogP contribution in [0.25, 0.3) is 0 Å². The van der Waals surface area contributed by atoms with E-state index in [1.165, 1.54) is 4.90 Å². The lowest BCUT2D eigenvalue weighted by Crippen LogP contribution is -2.11. The number of hydrogen-bond donors (Lipinski definition) is 1. The number of thioether (sulfide) groups is 1. The van der Waals surface area contributed by atoms with Gasteiger partial charge in [0, 0.05) is 28.1 Å². The van der Waals surface area contributed by atoms with E-state index in [-0.39, 0.29) is 5.91 Å². The van der Waals surface area contributed by atoms with E-state index < -0.39 is 0 Å². The fourth-order valence-electron chi connectivity index (χ4n) is 1.20. The first kappa shape index (κ1) is 13.4.